The summed E-state index contributed by atoms with van der Waals surface area (Å²) in [5.41, 5.74) is 5.28. The summed E-state index contributed by atoms with van der Waals surface area (Å²) < 4.78 is 25.4. The number of methoxy groups -OCH3 is 2. The van der Waals surface area contributed by atoms with Crippen LogP contribution in [0.5, 0.6) is 5.75 Å². The van der Waals surface area contributed by atoms with E-state index in [0.29, 0.717) is 22.3 Å². The van der Waals surface area contributed by atoms with Crippen molar-refractivity contribution >= 4 is 28.7 Å². The zero-order chi connectivity index (χ0) is 26.9. The topological polar surface area (TPSA) is 50.8 Å². The summed E-state index contributed by atoms with van der Waals surface area (Å²) >= 11 is 0. The zero-order valence-corrected chi connectivity index (χ0v) is 22.8. The fourth-order valence-electron chi connectivity index (χ4n) is 9.05. The molecular formula is C33H37FN2O3. The molecule has 3 aromatic rings. The number of anilines is 4. The van der Waals surface area contributed by atoms with Crippen LogP contribution in [-0.4, -0.2) is 27.2 Å². The van der Waals surface area contributed by atoms with E-state index in [1.165, 1.54) is 64.4 Å². The molecule has 0 aliphatic heterocycles. The Hall–Kier alpha value is -3.54. The molecule has 4 fully saturated rings. The van der Waals surface area contributed by atoms with E-state index >= 15 is 4.39 Å². The summed E-state index contributed by atoms with van der Waals surface area (Å²) in [7, 11) is 4.81. The Labute approximate surface area is 230 Å². The molecule has 0 aromatic heterocycles. The summed E-state index contributed by atoms with van der Waals surface area (Å²) in [5, 5.41) is 3.04. The highest BCUT2D eigenvalue weighted by molar-refractivity contribution is 5.97. The molecule has 0 heterocycles. The first-order valence-electron chi connectivity index (χ1n) is 14.0. The van der Waals surface area contributed by atoms with Crippen molar-refractivity contribution in [3.05, 3.63) is 77.6 Å². The first-order valence-corrected chi connectivity index (χ1v) is 14.0. The molecule has 3 aromatic carbocycles. The van der Waals surface area contributed by atoms with Crippen LogP contribution in [0.15, 0.2) is 60.7 Å². The smallest absolute Gasteiger partial charge is 0.340 e. The number of nitrogens with one attached hydrogen (secondary N) is 1. The molecule has 0 saturated heterocycles. The minimum Gasteiger partial charge on any atom is -0.497 e. The highest BCUT2D eigenvalue weighted by Crippen LogP contribution is 2.81. The van der Waals surface area contributed by atoms with E-state index in [4.69, 9.17) is 9.47 Å². The van der Waals surface area contributed by atoms with E-state index in [9.17, 15) is 4.79 Å². The number of esters is 1. The molecule has 5 nitrogen and oxygen atoms in total. The summed E-state index contributed by atoms with van der Waals surface area (Å²) in [6.45, 7) is 0. The standard InChI is InChI=1S/C33H35FN2O3.H2/c1-36(24-6-4-22(5-7-24)33-18-21-12-20-13-23(19-33)32(33,16-20)17-21)25-8-10-30(28(34)14-25)35-29-11-9-26(38-2)15-27(29)31(37)39-3;/h4-11,14-15,20-21,23,35H,12-13,16-19H2,1-3H3;1H. The first-order chi connectivity index (χ1) is 18.9. The molecular weight excluding hydrogens is 491 g/mol. The van der Waals surface area contributed by atoms with Crippen LogP contribution in [0.3, 0.4) is 0 Å². The van der Waals surface area contributed by atoms with Crippen molar-refractivity contribution in [2.75, 3.05) is 31.5 Å². The fraction of sp³-hybridized carbons (Fsp3) is 0.424. The lowest BCUT2D eigenvalue weighted by Crippen LogP contribution is -2.55. The third kappa shape index (κ3) is 3.53. The zero-order valence-electron chi connectivity index (χ0n) is 22.8. The Morgan fingerprint density at radius 3 is 2.41 bits per heavy atom. The van der Waals surface area contributed by atoms with Crippen molar-refractivity contribution in [1.82, 2.24) is 0 Å². The molecule has 6 heteroatoms. The maximum Gasteiger partial charge on any atom is 0.340 e. The number of ether oxygens (including phenoxy) is 2. The Bertz CT molecular complexity index is 1460. The van der Waals surface area contributed by atoms with Gasteiger partial charge in [-0.2, -0.15) is 0 Å². The van der Waals surface area contributed by atoms with Crippen LogP contribution in [0.4, 0.5) is 27.1 Å². The van der Waals surface area contributed by atoms with Gasteiger partial charge in [-0.05, 0) is 116 Å². The molecule has 0 amide bonds. The molecule has 1 spiro atoms. The predicted molar refractivity (Wildman–Crippen MR) is 153 cm³/mol. The third-order valence-electron chi connectivity index (χ3n) is 10.6. The average molecular weight is 529 g/mol. The lowest BCUT2D eigenvalue weighted by Gasteiger charge is -2.59. The van der Waals surface area contributed by atoms with Crippen molar-refractivity contribution in [1.29, 1.82) is 0 Å². The van der Waals surface area contributed by atoms with E-state index in [1.54, 1.807) is 24.3 Å². The van der Waals surface area contributed by atoms with Gasteiger partial charge in [-0.15, -0.1) is 0 Å². The first kappa shape index (κ1) is 24.5. The van der Waals surface area contributed by atoms with E-state index in [1.807, 2.05) is 18.0 Å². The molecule has 0 radical (unpaired) electrons. The molecule has 39 heavy (non-hydrogen) atoms. The SMILES string of the molecule is COC(=O)c1cc(OC)ccc1Nc1ccc(N(C)c2ccc(C34CC5CC6CC(C3)C4(C6)C5)cc2)cc1F.[HH]. The fourth-order valence-corrected chi connectivity index (χ4v) is 9.05. The van der Waals surface area contributed by atoms with Gasteiger partial charge < -0.3 is 19.7 Å². The summed E-state index contributed by atoms with van der Waals surface area (Å²) in [4.78, 5) is 14.3. The van der Waals surface area contributed by atoms with Crippen molar-refractivity contribution in [3.63, 3.8) is 0 Å². The number of hydrogen-bond donors (Lipinski definition) is 1. The van der Waals surface area contributed by atoms with Crippen LogP contribution in [0.25, 0.3) is 0 Å². The van der Waals surface area contributed by atoms with Crippen LogP contribution >= 0.6 is 0 Å². The predicted octanol–water partition coefficient (Wildman–Crippen LogP) is 7.85. The van der Waals surface area contributed by atoms with Gasteiger partial charge in [0.2, 0.25) is 0 Å². The van der Waals surface area contributed by atoms with E-state index in [2.05, 4.69) is 29.6 Å². The van der Waals surface area contributed by atoms with Gasteiger partial charge >= 0.3 is 5.97 Å². The van der Waals surface area contributed by atoms with Crippen LogP contribution in [0, 0.1) is 29.0 Å². The molecule has 4 saturated carbocycles. The Morgan fingerprint density at radius 2 is 1.67 bits per heavy atom. The van der Waals surface area contributed by atoms with Crippen LogP contribution in [0.1, 0.15) is 55.9 Å². The Kier molecular flexibility index (Phi) is 5.49. The van der Waals surface area contributed by atoms with Crippen LogP contribution in [0.2, 0.25) is 0 Å². The summed E-state index contributed by atoms with van der Waals surface area (Å²) in [6.07, 6.45) is 8.58. The Morgan fingerprint density at radius 1 is 0.923 bits per heavy atom. The van der Waals surface area contributed by atoms with Gasteiger partial charge in [-0.3, -0.25) is 0 Å². The highest BCUT2D eigenvalue weighted by atomic mass is 19.1. The summed E-state index contributed by atoms with van der Waals surface area (Å²) in [6, 6.07) is 19.2. The van der Waals surface area contributed by atoms with Crippen molar-refractivity contribution in [2.45, 2.75) is 43.9 Å². The third-order valence-corrected chi connectivity index (χ3v) is 10.6. The minimum atomic E-state index is -0.526. The second kappa shape index (κ2) is 8.73. The summed E-state index contributed by atoms with van der Waals surface area (Å²) in [5.74, 6) is 2.44. The molecule has 5 atom stereocenters. The largest absolute Gasteiger partial charge is 0.497 e. The highest BCUT2D eigenvalue weighted by Gasteiger charge is 2.74. The lowest BCUT2D eigenvalue weighted by molar-refractivity contribution is -0.0355. The van der Waals surface area contributed by atoms with E-state index < -0.39 is 11.8 Å². The number of rotatable bonds is 7. The molecule has 4 aliphatic carbocycles. The Balaban J connectivity index is 0.00000289. The van der Waals surface area contributed by atoms with Crippen LogP contribution in [-0.2, 0) is 10.2 Å². The van der Waals surface area contributed by atoms with Crippen molar-refractivity contribution in [2.24, 2.45) is 23.2 Å². The average Bonchev–Trinajstić information content (AvgIpc) is 3.28. The van der Waals surface area contributed by atoms with Crippen molar-refractivity contribution in [3.8, 4) is 5.75 Å². The van der Waals surface area contributed by atoms with Gasteiger partial charge in [0.15, 0.2) is 0 Å². The van der Waals surface area contributed by atoms with Crippen LogP contribution < -0.4 is 15.0 Å². The number of fused-ring (bicyclic) bond motifs is 2. The monoisotopic (exact) mass is 528 g/mol. The van der Waals surface area contributed by atoms with Gasteiger partial charge in [0.1, 0.15) is 11.6 Å². The molecule has 7 rings (SSSR count). The second-order valence-corrected chi connectivity index (χ2v) is 12.3. The normalized spacial score (nSPS) is 29.5. The van der Waals surface area contributed by atoms with Gasteiger partial charge in [-0.1, -0.05) is 12.1 Å². The maximum absolute atomic E-state index is 15.3. The van der Waals surface area contributed by atoms with E-state index in [0.717, 1.165) is 29.1 Å². The molecule has 3 bridgehead atoms. The van der Waals surface area contributed by atoms with Gasteiger partial charge in [0.05, 0.1) is 31.2 Å². The van der Waals surface area contributed by atoms with Gasteiger partial charge in [0, 0.05) is 25.3 Å². The quantitative estimate of drug-likeness (QED) is 0.317. The number of halogens is 1. The number of carbonyl (C=O) groups excluding carboxylic acids is 1. The minimum absolute atomic E-state index is 0. The van der Waals surface area contributed by atoms with Gasteiger partial charge in [-0.25, -0.2) is 9.18 Å². The second-order valence-electron chi connectivity index (χ2n) is 12.3. The number of hydrogen-bond acceptors (Lipinski definition) is 5. The maximum atomic E-state index is 15.3. The van der Waals surface area contributed by atoms with Gasteiger partial charge in [0.25, 0.3) is 0 Å². The molecule has 204 valence electrons. The number of nitrogens with zero attached hydrogens (tertiary/aromatic N) is 1. The molecule has 1 N–H and O–H groups in total. The van der Waals surface area contributed by atoms with Crippen molar-refractivity contribution < 1.29 is 20.1 Å². The number of carbonyl (C=O) groups is 1. The van der Waals surface area contributed by atoms with E-state index in [-0.39, 0.29) is 12.7 Å². The molecule has 4 aliphatic rings. The molecule has 5 unspecified atom stereocenters. The lowest BCUT2D eigenvalue weighted by atomic mass is 9.44. The number of benzene rings is 3.